The highest BCUT2D eigenvalue weighted by Gasteiger charge is 2.21. The molecule has 0 aromatic heterocycles. The first kappa shape index (κ1) is 18.3. The molecule has 0 bridgehead atoms. The van der Waals surface area contributed by atoms with Crippen LogP contribution in [0.25, 0.3) is 0 Å². The molecule has 5 heteroatoms. The molecular weight excluding hydrogens is 328 g/mol. The summed E-state index contributed by atoms with van der Waals surface area (Å²) in [6.45, 7) is 5.74. The van der Waals surface area contributed by atoms with Crippen LogP contribution in [0.5, 0.6) is 11.5 Å². The lowest BCUT2D eigenvalue weighted by atomic mass is 10.1. The van der Waals surface area contributed by atoms with Crippen molar-refractivity contribution in [2.75, 3.05) is 20.3 Å². The number of hydrogen-bond acceptors (Lipinski definition) is 4. The van der Waals surface area contributed by atoms with Gasteiger partial charge in [-0.05, 0) is 44.2 Å². The van der Waals surface area contributed by atoms with E-state index in [1.54, 1.807) is 0 Å². The summed E-state index contributed by atoms with van der Waals surface area (Å²) in [6.07, 6.45) is 0. The summed E-state index contributed by atoms with van der Waals surface area (Å²) < 4.78 is 11.2. The molecule has 0 saturated heterocycles. The molecule has 1 N–H and O–H groups in total. The molecule has 5 nitrogen and oxygen atoms in total. The Morgan fingerprint density at radius 2 is 1.77 bits per heavy atom. The van der Waals surface area contributed by atoms with Gasteiger partial charge in [-0.15, -0.1) is 0 Å². The average molecular weight is 354 g/mol. The van der Waals surface area contributed by atoms with Crippen LogP contribution < -0.4 is 14.8 Å². The van der Waals surface area contributed by atoms with Gasteiger partial charge in [0.1, 0.15) is 13.2 Å². The number of nitrogens with one attached hydrogen (secondary N) is 1. The lowest BCUT2D eigenvalue weighted by molar-refractivity contribution is -0.126. The molecule has 2 atom stereocenters. The zero-order valence-corrected chi connectivity index (χ0v) is 15.6. The molecule has 1 heterocycles. The summed E-state index contributed by atoms with van der Waals surface area (Å²) in [5, 5.41) is 3.09. The highest BCUT2D eigenvalue weighted by Crippen LogP contribution is 2.31. The van der Waals surface area contributed by atoms with Crippen LogP contribution in [0.15, 0.2) is 48.5 Å². The van der Waals surface area contributed by atoms with Crippen LogP contribution >= 0.6 is 0 Å². The van der Waals surface area contributed by atoms with Gasteiger partial charge in [0.25, 0.3) is 0 Å². The lowest BCUT2D eigenvalue weighted by Crippen LogP contribution is -2.43. The van der Waals surface area contributed by atoms with Crippen LogP contribution in [-0.4, -0.2) is 37.1 Å². The average Bonchev–Trinajstić information content (AvgIpc) is 2.67. The number of benzene rings is 2. The second-order valence-corrected chi connectivity index (χ2v) is 6.71. The lowest BCUT2D eigenvalue weighted by Gasteiger charge is -2.26. The van der Waals surface area contributed by atoms with E-state index in [1.807, 2.05) is 74.3 Å². The van der Waals surface area contributed by atoms with Crippen molar-refractivity contribution in [3.05, 3.63) is 59.7 Å². The van der Waals surface area contributed by atoms with Crippen molar-refractivity contribution < 1.29 is 14.3 Å². The van der Waals surface area contributed by atoms with Crippen LogP contribution in [-0.2, 0) is 11.3 Å². The van der Waals surface area contributed by atoms with Crippen molar-refractivity contribution in [1.29, 1.82) is 0 Å². The van der Waals surface area contributed by atoms with E-state index in [9.17, 15) is 4.79 Å². The Bertz CT molecular complexity index is 748. The predicted octanol–water partition coefficient (Wildman–Crippen LogP) is 3.16. The maximum absolute atomic E-state index is 12.6. The summed E-state index contributed by atoms with van der Waals surface area (Å²) in [6, 6.07) is 15.7. The zero-order chi connectivity index (χ0) is 18.5. The molecular formula is C21H26N2O3. The Morgan fingerprint density at radius 3 is 2.50 bits per heavy atom. The summed E-state index contributed by atoms with van der Waals surface area (Å²) in [5.74, 6) is 1.57. The highest BCUT2D eigenvalue weighted by molar-refractivity contribution is 5.81. The number of nitrogens with zero attached hydrogens (tertiary/aromatic N) is 1. The van der Waals surface area contributed by atoms with Gasteiger partial charge in [-0.25, -0.2) is 0 Å². The third-order valence-electron chi connectivity index (χ3n) is 4.74. The molecule has 1 amide bonds. The molecule has 0 radical (unpaired) electrons. The largest absolute Gasteiger partial charge is 0.486 e. The van der Waals surface area contributed by atoms with E-state index in [0.29, 0.717) is 19.8 Å². The van der Waals surface area contributed by atoms with Gasteiger partial charge >= 0.3 is 0 Å². The fraction of sp³-hybridized carbons (Fsp3) is 0.381. The van der Waals surface area contributed by atoms with Crippen molar-refractivity contribution in [3.63, 3.8) is 0 Å². The number of hydrogen-bond donors (Lipinski definition) is 1. The molecule has 0 aliphatic carbocycles. The maximum atomic E-state index is 12.6. The van der Waals surface area contributed by atoms with E-state index in [1.165, 1.54) is 0 Å². The van der Waals surface area contributed by atoms with Crippen molar-refractivity contribution in [2.45, 2.75) is 32.5 Å². The number of carbonyl (C=O) groups excluding carboxylic acids is 1. The van der Waals surface area contributed by atoms with Crippen molar-refractivity contribution in [2.24, 2.45) is 0 Å². The molecule has 138 valence electrons. The van der Waals surface area contributed by atoms with Crippen molar-refractivity contribution in [3.8, 4) is 11.5 Å². The number of amides is 1. The van der Waals surface area contributed by atoms with Crippen LogP contribution in [0.3, 0.4) is 0 Å². The zero-order valence-electron chi connectivity index (χ0n) is 15.6. The number of fused-ring (bicyclic) bond motifs is 1. The first-order valence-corrected chi connectivity index (χ1v) is 8.98. The Labute approximate surface area is 154 Å². The van der Waals surface area contributed by atoms with Gasteiger partial charge in [0.05, 0.1) is 12.1 Å². The second kappa shape index (κ2) is 8.23. The second-order valence-electron chi connectivity index (χ2n) is 6.71. The molecule has 3 rings (SSSR count). The molecule has 2 aromatic carbocycles. The van der Waals surface area contributed by atoms with Crippen LogP contribution in [0.4, 0.5) is 0 Å². The summed E-state index contributed by atoms with van der Waals surface area (Å²) in [4.78, 5) is 14.6. The van der Waals surface area contributed by atoms with Gasteiger partial charge in [-0.2, -0.15) is 0 Å². The molecule has 0 saturated carbocycles. The number of likely N-dealkylation sites (N-methyl/N-ethyl adjacent to an activating group) is 1. The quantitative estimate of drug-likeness (QED) is 0.866. The minimum atomic E-state index is -0.241. The molecule has 26 heavy (non-hydrogen) atoms. The van der Waals surface area contributed by atoms with Gasteiger partial charge < -0.3 is 14.8 Å². The predicted molar refractivity (Wildman–Crippen MR) is 101 cm³/mol. The number of ether oxygens (including phenoxy) is 2. The van der Waals surface area contributed by atoms with Crippen LogP contribution in [0.1, 0.15) is 31.0 Å². The van der Waals surface area contributed by atoms with Gasteiger partial charge in [0, 0.05) is 6.54 Å². The minimum Gasteiger partial charge on any atom is -0.486 e. The topological polar surface area (TPSA) is 50.8 Å². The van der Waals surface area contributed by atoms with Gasteiger partial charge in [0.15, 0.2) is 11.5 Å². The van der Waals surface area contributed by atoms with E-state index >= 15 is 0 Å². The van der Waals surface area contributed by atoms with Gasteiger partial charge in [0.2, 0.25) is 5.91 Å². The summed E-state index contributed by atoms with van der Waals surface area (Å²) in [5.41, 5.74) is 2.19. The Hall–Kier alpha value is -2.53. The smallest absolute Gasteiger partial charge is 0.237 e. The molecule has 1 aliphatic rings. The normalized spacial score (nSPS) is 15.4. The summed E-state index contributed by atoms with van der Waals surface area (Å²) >= 11 is 0. The Morgan fingerprint density at radius 1 is 1.08 bits per heavy atom. The fourth-order valence-corrected chi connectivity index (χ4v) is 2.97. The molecule has 2 aromatic rings. The molecule has 0 fully saturated rings. The van der Waals surface area contributed by atoms with Crippen LogP contribution in [0.2, 0.25) is 0 Å². The number of rotatable bonds is 6. The summed E-state index contributed by atoms with van der Waals surface area (Å²) in [7, 11) is 1.95. The van der Waals surface area contributed by atoms with E-state index in [4.69, 9.17) is 9.47 Å². The van der Waals surface area contributed by atoms with E-state index in [2.05, 4.69) is 5.32 Å². The van der Waals surface area contributed by atoms with E-state index in [-0.39, 0.29) is 18.0 Å². The molecule has 1 aliphatic heterocycles. The minimum absolute atomic E-state index is 0.0152. The Balaban J connectivity index is 1.58. The third-order valence-corrected chi connectivity index (χ3v) is 4.74. The van der Waals surface area contributed by atoms with E-state index < -0.39 is 0 Å². The van der Waals surface area contributed by atoms with Gasteiger partial charge in [-0.1, -0.05) is 36.4 Å². The van der Waals surface area contributed by atoms with Crippen LogP contribution in [0, 0.1) is 0 Å². The van der Waals surface area contributed by atoms with Crippen molar-refractivity contribution >= 4 is 5.91 Å². The van der Waals surface area contributed by atoms with Crippen molar-refractivity contribution in [1.82, 2.24) is 10.2 Å². The highest BCUT2D eigenvalue weighted by atomic mass is 16.6. The van der Waals surface area contributed by atoms with E-state index in [0.717, 1.165) is 22.6 Å². The SMILES string of the molecule is C[C@H](NC(=O)[C@H](C)N(C)Cc1ccc2c(c1)OCCO2)c1ccccc1. The fourth-order valence-electron chi connectivity index (χ4n) is 2.97. The monoisotopic (exact) mass is 354 g/mol. The molecule has 0 unspecified atom stereocenters. The first-order chi connectivity index (χ1) is 12.5. The first-order valence-electron chi connectivity index (χ1n) is 8.98. The number of carbonyl (C=O) groups is 1. The Kier molecular flexibility index (Phi) is 5.78. The standard InChI is InChI=1S/C21H26N2O3/c1-15(18-7-5-4-6-8-18)22-21(24)16(2)23(3)14-17-9-10-19-20(13-17)26-12-11-25-19/h4-10,13,15-16H,11-12,14H2,1-3H3,(H,22,24)/t15-,16-/m0/s1. The molecule has 0 spiro atoms. The third kappa shape index (κ3) is 4.35. The van der Waals surface area contributed by atoms with Gasteiger partial charge in [-0.3, -0.25) is 9.69 Å². The maximum Gasteiger partial charge on any atom is 0.237 e.